The fourth-order valence-corrected chi connectivity index (χ4v) is 3.22. The van der Waals surface area contributed by atoms with E-state index in [1.807, 2.05) is 6.07 Å². The van der Waals surface area contributed by atoms with Crippen LogP contribution in [0.2, 0.25) is 0 Å². The van der Waals surface area contributed by atoms with E-state index in [0.29, 0.717) is 18.5 Å². The van der Waals surface area contributed by atoms with Crippen LogP contribution >= 0.6 is 0 Å². The van der Waals surface area contributed by atoms with Crippen molar-refractivity contribution in [3.8, 4) is 17.9 Å². The summed E-state index contributed by atoms with van der Waals surface area (Å²) < 4.78 is 26.2. The molecule has 21 heavy (non-hydrogen) atoms. The van der Waals surface area contributed by atoms with Crippen molar-refractivity contribution in [3.05, 3.63) is 29.8 Å². The van der Waals surface area contributed by atoms with Crippen molar-refractivity contribution in [1.82, 2.24) is 4.31 Å². The lowest BCUT2D eigenvalue weighted by Gasteiger charge is -2.19. The highest BCUT2D eigenvalue weighted by Gasteiger charge is 2.22. The monoisotopic (exact) mass is 306 g/mol. The predicted octanol–water partition coefficient (Wildman–Crippen LogP) is 1.34. The number of sulfonamides is 1. The Bertz CT molecular complexity index is 666. The number of rotatable bonds is 6. The molecule has 0 spiro atoms. The molecule has 112 valence electrons. The van der Waals surface area contributed by atoms with Crippen LogP contribution in [0, 0.1) is 23.2 Å². The highest BCUT2D eigenvalue weighted by atomic mass is 32.2. The van der Waals surface area contributed by atoms with Crippen molar-refractivity contribution in [2.24, 2.45) is 0 Å². The Morgan fingerprint density at radius 1 is 1.33 bits per heavy atom. The topological polar surface area (TPSA) is 81.4 Å². The van der Waals surface area contributed by atoms with E-state index in [9.17, 15) is 8.42 Å². The van der Waals surface area contributed by atoms with Gasteiger partial charge in [-0.05, 0) is 18.2 Å². The lowest BCUT2D eigenvalue weighted by atomic mass is 10.2. The van der Waals surface area contributed by atoms with Crippen molar-refractivity contribution >= 4 is 10.0 Å². The molecule has 1 aromatic carbocycles. The number of hydrogen-bond donors (Lipinski definition) is 1. The summed E-state index contributed by atoms with van der Waals surface area (Å²) >= 11 is 0. The Labute approximate surface area is 125 Å². The predicted molar refractivity (Wildman–Crippen MR) is 79.7 cm³/mol. The van der Waals surface area contributed by atoms with Crippen LogP contribution in [0.15, 0.2) is 29.2 Å². The average Bonchev–Trinajstić information content (AvgIpc) is 2.48. The maximum Gasteiger partial charge on any atom is 0.243 e. The van der Waals surface area contributed by atoms with E-state index in [4.69, 9.17) is 10.4 Å². The fourth-order valence-electron chi connectivity index (χ4n) is 1.73. The van der Waals surface area contributed by atoms with Crippen molar-refractivity contribution in [2.45, 2.75) is 24.7 Å². The molecule has 1 rings (SSSR count). The fraction of sp³-hybridized carbons (Fsp3) is 0.400. The molecule has 0 saturated carbocycles. The van der Waals surface area contributed by atoms with Crippen LogP contribution in [0.4, 0.5) is 0 Å². The van der Waals surface area contributed by atoms with Gasteiger partial charge in [0.1, 0.15) is 0 Å². The van der Waals surface area contributed by atoms with Crippen LogP contribution in [0.25, 0.3) is 0 Å². The minimum absolute atomic E-state index is 0.0250. The first kappa shape index (κ1) is 17.2. The quantitative estimate of drug-likeness (QED) is 0.804. The van der Waals surface area contributed by atoms with Crippen molar-refractivity contribution in [1.29, 1.82) is 5.26 Å². The number of aliphatic hydroxyl groups is 1. The molecule has 0 heterocycles. The molecular formula is C15H18N2O3S. The zero-order chi connectivity index (χ0) is 15.7. The molecule has 1 N–H and O–H groups in total. The summed E-state index contributed by atoms with van der Waals surface area (Å²) in [6.07, 6.45) is 0.503. The molecule has 0 saturated heterocycles. The van der Waals surface area contributed by atoms with Gasteiger partial charge < -0.3 is 5.11 Å². The molecule has 1 aromatic rings. The summed E-state index contributed by atoms with van der Waals surface area (Å²) in [4.78, 5) is 0.165. The van der Waals surface area contributed by atoms with Crippen LogP contribution in [0.5, 0.6) is 0 Å². The number of aliphatic hydroxyl groups excluding tert-OH is 1. The Morgan fingerprint density at radius 3 is 2.71 bits per heavy atom. The molecule has 0 aliphatic heterocycles. The van der Waals surface area contributed by atoms with Gasteiger partial charge in [-0.3, -0.25) is 0 Å². The summed E-state index contributed by atoms with van der Waals surface area (Å²) in [7, 11) is -3.61. The van der Waals surface area contributed by atoms with Gasteiger partial charge in [-0.1, -0.05) is 24.8 Å². The lowest BCUT2D eigenvalue weighted by molar-refractivity contribution is 0.305. The van der Waals surface area contributed by atoms with E-state index in [2.05, 4.69) is 11.8 Å². The third-order valence-electron chi connectivity index (χ3n) is 2.77. The van der Waals surface area contributed by atoms with Crippen molar-refractivity contribution < 1.29 is 13.5 Å². The second-order valence-electron chi connectivity index (χ2n) is 4.21. The van der Waals surface area contributed by atoms with E-state index in [-0.39, 0.29) is 24.5 Å². The smallest absolute Gasteiger partial charge is 0.243 e. The minimum atomic E-state index is -3.61. The molecule has 0 fully saturated rings. The van der Waals surface area contributed by atoms with Gasteiger partial charge in [0.15, 0.2) is 0 Å². The van der Waals surface area contributed by atoms with Crippen molar-refractivity contribution in [2.75, 3.05) is 19.7 Å². The van der Waals surface area contributed by atoms with Crippen LogP contribution in [0.3, 0.4) is 0 Å². The molecule has 0 aromatic heterocycles. The Kier molecular flexibility index (Phi) is 6.90. The minimum Gasteiger partial charge on any atom is -0.395 e. The Balaban J connectivity index is 3.06. The second kappa shape index (κ2) is 8.43. The lowest BCUT2D eigenvalue weighted by Crippen LogP contribution is -2.31. The van der Waals surface area contributed by atoms with Crippen LogP contribution in [-0.2, 0) is 10.0 Å². The van der Waals surface area contributed by atoms with Gasteiger partial charge in [0.05, 0.1) is 17.6 Å². The van der Waals surface area contributed by atoms with Gasteiger partial charge in [-0.2, -0.15) is 9.57 Å². The summed E-state index contributed by atoms with van der Waals surface area (Å²) in [6.45, 7) is 2.20. The molecule has 0 atom stereocenters. The summed E-state index contributed by atoms with van der Waals surface area (Å²) in [6, 6.07) is 8.32. The largest absolute Gasteiger partial charge is 0.395 e. The van der Waals surface area contributed by atoms with Crippen LogP contribution in [0.1, 0.15) is 25.3 Å². The highest BCUT2D eigenvalue weighted by Crippen LogP contribution is 2.17. The summed E-state index contributed by atoms with van der Waals surface area (Å²) in [5.41, 5.74) is 0.584. The maximum absolute atomic E-state index is 12.5. The van der Waals surface area contributed by atoms with E-state index < -0.39 is 10.0 Å². The number of hydrogen-bond acceptors (Lipinski definition) is 4. The second-order valence-corrected chi connectivity index (χ2v) is 6.15. The Morgan fingerprint density at radius 2 is 2.10 bits per heavy atom. The van der Waals surface area contributed by atoms with Crippen LogP contribution < -0.4 is 0 Å². The van der Waals surface area contributed by atoms with Gasteiger partial charge in [0.2, 0.25) is 10.0 Å². The van der Waals surface area contributed by atoms with Crippen LogP contribution in [-0.4, -0.2) is 37.5 Å². The van der Waals surface area contributed by atoms with Gasteiger partial charge in [0.25, 0.3) is 0 Å². The average molecular weight is 306 g/mol. The molecule has 6 heteroatoms. The molecule has 0 amide bonds. The van der Waals surface area contributed by atoms with Crippen molar-refractivity contribution in [3.63, 3.8) is 0 Å². The Hall–Kier alpha value is -1.86. The molecular weight excluding hydrogens is 288 g/mol. The van der Waals surface area contributed by atoms with Gasteiger partial charge in [0, 0.05) is 31.5 Å². The standard InChI is InChI=1S/C15H18N2O3S/c1-2-17(11-6-10-16)21(19,20)15-9-5-8-14(13-15)7-3-4-12-18/h5,8-9,13,18H,2,4,6,11-12H2,1H3. The normalized spacial score (nSPS) is 10.8. The number of nitriles is 1. The third-order valence-corrected chi connectivity index (χ3v) is 4.74. The zero-order valence-electron chi connectivity index (χ0n) is 11.9. The summed E-state index contributed by atoms with van der Waals surface area (Å²) in [5, 5.41) is 17.3. The first-order valence-electron chi connectivity index (χ1n) is 6.63. The van der Waals surface area contributed by atoms with E-state index in [0.717, 1.165) is 0 Å². The highest BCUT2D eigenvalue weighted by molar-refractivity contribution is 7.89. The zero-order valence-corrected chi connectivity index (χ0v) is 12.7. The number of benzene rings is 1. The maximum atomic E-state index is 12.5. The molecule has 0 radical (unpaired) electrons. The van der Waals surface area contributed by atoms with Gasteiger partial charge in [-0.25, -0.2) is 8.42 Å². The first-order valence-corrected chi connectivity index (χ1v) is 8.07. The number of nitrogens with zero attached hydrogens (tertiary/aromatic N) is 2. The van der Waals surface area contributed by atoms with E-state index >= 15 is 0 Å². The first-order chi connectivity index (χ1) is 10.1. The summed E-state index contributed by atoms with van der Waals surface area (Å²) in [5.74, 6) is 5.57. The molecule has 0 aliphatic carbocycles. The van der Waals surface area contributed by atoms with E-state index in [1.54, 1.807) is 19.1 Å². The molecule has 0 aliphatic rings. The molecule has 0 unspecified atom stereocenters. The third kappa shape index (κ3) is 4.87. The van der Waals surface area contributed by atoms with Gasteiger partial charge >= 0.3 is 0 Å². The van der Waals surface area contributed by atoms with E-state index in [1.165, 1.54) is 16.4 Å². The van der Waals surface area contributed by atoms with Gasteiger partial charge in [-0.15, -0.1) is 0 Å². The molecule has 5 nitrogen and oxygen atoms in total. The molecule has 0 bridgehead atoms. The SMILES string of the molecule is CCN(CCC#N)S(=O)(=O)c1cccc(C#CCCO)c1.